The predicted octanol–water partition coefficient (Wildman–Crippen LogP) is 1.57. The summed E-state index contributed by atoms with van der Waals surface area (Å²) < 4.78 is 5.77. The second-order valence-electron chi connectivity index (χ2n) is 5.70. The summed E-state index contributed by atoms with van der Waals surface area (Å²) in [6, 6.07) is 9.74. The third kappa shape index (κ3) is 3.90. The molecular formula is C17H22N4O2. The number of ether oxygens (including phenoxy) is 1. The van der Waals surface area contributed by atoms with Crippen molar-refractivity contribution in [1.82, 2.24) is 20.1 Å². The fraction of sp³-hybridized carbons (Fsp3) is 0.412. The molecule has 122 valence electrons. The molecule has 1 aliphatic rings. The Labute approximate surface area is 136 Å². The molecule has 1 fully saturated rings. The first-order chi connectivity index (χ1) is 11.2. The van der Waals surface area contributed by atoms with Gasteiger partial charge < -0.3 is 19.9 Å². The van der Waals surface area contributed by atoms with E-state index in [0.29, 0.717) is 13.2 Å². The number of para-hydroxylation sites is 1. The van der Waals surface area contributed by atoms with Crippen molar-refractivity contribution in [2.75, 3.05) is 46.4 Å². The number of aromatic nitrogens is 1. The molecule has 0 unspecified atom stereocenters. The van der Waals surface area contributed by atoms with E-state index in [2.05, 4.69) is 22.2 Å². The molecule has 1 aliphatic heterocycles. The number of amides is 2. The van der Waals surface area contributed by atoms with Crippen LogP contribution in [0.2, 0.25) is 0 Å². The summed E-state index contributed by atoms with van der Waals surface area (Å²) >= 11 is 0. The number of benzene rings is 1. The van der Waals surface area contributed by atoms with Gasteiger partial charge in [0.25, 0.3) is 0 Å². The van der Waals surface area contributed by atoms with Crippen molar-refractivity contribution in [3.05, 3.63) is 36.5 Å². The first-order valence-corrected chi connectivity index (χ1v) is 7.92. The number of hydrogen-bond donors (Lipinski definition) is 1. The first kappa shape index (κ1) is 15.6. The maximum Gasteiger partial charge on any atom is 0.317 e. The van der Waals surface area contributed by atoms with E-state index in [1.807, 2.05) is 35.2 Å². The second-order valence-corrected chi connectivity index (χ2v) is 5.70. The number of likely N-dealkylation sites (N-methyl/N-ethyl adjacent to an activating group) is 1. The fourth-order valence-corrected chi connectivity index (χ4v) is 2.63. The minimum Gasteiger partial charge on any atom is -0.489 e. The smallest absolute Gasteiger partial charge is 0.317 e. The molecule has 1 aromatic heterocycles. The molecule has 0 bridgehead atoms. The van der Waals surface area contributed by atoms with E-state index in [4.69, 9.17) is 4.74 Å². The summed E-state index contributed by atoms with van der Waals surface area (Å²) in [5.74, 6) is 0.747. The van der Waals surface area contributed by atoms with Gasteiger partial charge in [0.05, 0.1) is 6.54 Å². The predicted molar refractivity (Wildman–Crippen MR) is 89.7 cm³/mol. The summed E-state index contributed by atoms with van der Waals surface area (Å²) in [5, 5.41) is 3.96. The summed E-state index contributed by atoms with van der Waals surface area (Å²) in [5.41, 5.74) is 0.848. The van der Waals surface area contributed by atoms with Gasteiger partial charge in [-0.2, -0.15) is 0 Å². The van der Waals surface area contributed by atoms with Crippen LogP contribution in [0.4, 0.5) is 4.79 Å². The molecule has 6 heteroatoms. The third-order valence-electron chi connectivity index (χ3n) is 4.02. The van der Waals surface area contributed by atoms with Crippen molar-refractivity contribution in [3.63, 3.8) is 0 Å². The Morgan fingerprint density at radius 3 is 2.83 bits per heavy atom. The summed E-state index contributed by atoms with van der Waals surface area (Å²) in [4.78, 5) is 20.5. The molecule has 6 nitrogen and oxygen atoms in total. The number of piperazine rings is 1. The summed E-state index contributed by atoms with van der Waals surface area (Å²) in [6.07, 6.45) is 1.75. The van der Waals surface area contributed by atoms with Crippen molar-refractivity contribution < 1.29 is 9.53 Å². The minimum atomic E-state index is -0.0160. The number of carbonyl (C=O) groups excluding carboxylic acids is 1. The molecular weight excluding hydrogens is 292 g/mol. The van der Waals surface area contributed by atoms with Crippen LogP contribution in [0.15, 0.2) is 36.5 Å². The highest BCUT2D eigenvalue weighted by Gasteiger charge is 2.18. The van der Waals surface area contributed by atoms with Crippen molar-refractivity contribution in [2.24, 2.45) is 0 Å². The first-order valence-electron chi connectivity index (χ1n) is 7.92. The van der Waals surface area contributed by atoms with E-state index in [0.717, 1.165) is 42.8 Å². The molecule has 3 rings (SSSR count). The van der Waals surface area contributed by atoms with Crippen LogP contribution in [0, 0.1) is 0 Å². The lowest BCUT2D eigenvalue weighted by molar-refractivity contribution is 0.153. The number of carbonyl (C=O) groups is 1. The largest absolute Gasteiger partial charge is 0.489 e. The lowest BCUT2D eigenvalue weighted by Crippen LogP contribution is -2.51. The monoisotopic (exact) mass is 314 g/mol. The molecule has 23 heavy (non-hydrogen) atoms. The van der Waals surface area contributed by atoms with Crippen LogP contribution in [0.5, 0.6) is 5.75 Å². The number of nitrogens with zero attached hydrogens (tertiary/aromatic N) is 3. The molecule has 0 saturated carbocycles. The maximum absolute atomic E-state index is 12.1. The zero-order valence-electron chi connectivity index (χ0n) is 13.4. The van der Waals surface area contributed by atoms with Gasteiger partial charge in [-0.1, -0.05) is 18.2 Å². The molecule has 0 radical (unpaired) electrons. The molecule has 1 aromatic carbocycles. The highest BCUT2D eigenvalue weighted by Crippen LogP contribution is 2.22. The van der Waals surface area contributed by atoms with Crippen molar-refractivity contribution in [3.8, 4) is 5.75 Å². The fourth-order valence-electron chi connectivity index (χ4n) is 2.63. The molecule has 2 amide bonds. The molecule has 2 heterocycles. The van der Waals surface area contributed by atoms with Crippen LogP contribution in [0.3, 0.4) is 0 Å². The van der Waals surface area contributed by atoms with Crippen LogP contribution < -0.4 is 10.1 Å². The van der Waals surface area contributed by atoms with Crippen LogP contribution in [-0.2, 0) is 0 Å². The lowest BCUT2D eigenvalue weighted by Gasteiger charge is -2.32. The molecule has 0 aliphatic carbocycles. The van der Waals surface area contributed by atoms with Gasteiger partial charge in [-0.3, -0.25) is 4.98 Å². The number of pyridine rings is 1. The Kier molecular flexibility index (Phi) is 4.92. The molecule has 1 N–H and O–H groups in total. The van der Waals surface area contributed by atoms with Gasteiger partial charge in [0, 0.05) is 37.8 Å². The van der Waals surface area contributed by atoms with Crippen molar-refractivity contribution in [1.29, 1.82) is 0 Å². The van der Waals surface area contributed by atoms with Crippen molar-refractivity contribution >= 4 is 16.9 Å². The zero-order valence-corrected chi connectivity index (χ0v) is 13.4. The number of hydrogen-bond acceptors (Lipinski definition) is 4. The van der Waals surface area contributed by atoms with Gasteiger partial charge in [-0.25, -0.2) is 4.79 Å². The van der Waals surface area contributed by atoms with Crippen LogP contribution in [-0.4, -0.2) is 67.2 Å². The zero-order chi connectivity index (χ0) is 16.1. The number of rotatable bonds is 4. The standard InChI is InChI=1S/C17H22N4O2/c1-20-9-11-21(12-10-20)17(22)19-8-13-23-15-6-2-4-14-5-3-7-18-16(14)15/h2-7H,8-13H2,1H3,(H,19,22). The number of urea groups is 1. The Morgan fingerprint density at radius 2 is 2.00 bits per heavy atom. The van der Waals surface area contributed by atoms with E-state index in [-0.39, 0.29) is 6.03 Å². The Bertz CT molecular complexity index is 663. The molecule has 2 aromatic rings. The van der Waals surface area contributed by atoms with E-state index >= 15 is 0 Å². The highest BCUT2D eigenvalue weighted by atomic mass is 16.5. The average Bonchev–Trinajstić information content (AvgIpc) is 2.59. The summed E-state index contributed by atoms with van der Waals surface area (Å²) in [7, 11) is 2.07. The third-order valence-corrected chi connectivity index (χ3v) is 4.02. The van der Waals surface area contributed by atoms with Gasteiger partial charge >= 0.3 is 6.03 Å². The number of nitrogens with one attached hydrogen (secondary N) is 1. The maximum atomic E-state index is 12.1. The normalized spacial score (nSPS) is 15.6. The Hall–Kier alpha value is -2.34. The quantitative estimate of drug-likeness (QED) is 0.871. The Balaban J connectivity index is 1.47. The number of fused-ring (bicyclic) bond motifs is 1. The molecule has 0 atom stereocenters. The second kappa shape index (κ2) is 7.28. The SMILES string of the molecule is CN1CCN(C(=O)NCCOc2cccc3cccnc23)CC1. The van der Waals surface area contributed by atoms with E-state index < -0.39 is 0 Å². The van der Waals surface area contributed by atoms with Crippen LogP contribution in [0.1, 0.15) is 0 Å². The van der Waals surface area contributed by atoms with Gasteiger partial charge in [0.2, 0.25) is 0 Å². The van der Waals surface area contributed by atoms with Gasteiger partial charge in [0.15, 0.2) is 0 Å². The summed E-state index contributed by atoms with van der Waals surface area (Å²) in [6.45, 7) is 4.30. The van der Waals surface area contributed by atoms with Gasteiger partial charge in [-0.15, -0.1) is 0 Å². The van der Waals surface area contributed by atoms with E-state index in [9.17, 15) is 4.79 Å². The van der Waals surface area contributed by atoms with Crippen molar-refractivity contribution in [2.45, 2.75) is 0 Å². The van der Waals surface area contributed by atoms with Gasteiger partial charge in [-0.05, 0) is 19.2 Å². The minimum absolute atomic E-state index is 0.0160. The molecule has 0 spiro atoms. The average molecular weight is 314 g/mol. The van der Waals surface area contributed by atoms with E-state index in [1.54, 1.807) is 6.20 Å². The van der Waals surface area contributed by atoms with Crippen LogP contribution in [0.25, 0.3) is 10.9 Å². The van der Waals surface area contributed by atoms with Gasteiger partial charge in [0.1, 0.15) is 17.9 Å². The highest BCUT2D eigenvalue weighted by molar-refractivity contribution is 5.84. The van der Waals surface area contributed by atoms with Crippen LogP contribution >= 0.6 is 0 Å². The molecule has 1 saturated heterocycles. The Morgan fingerprint density at radius 1 is 1.22 bits per heavy atom. The topological polar surface area (TPSA) is 57.7 Å². The lowest BCUT2D eigenvalue weighted by atomic mass is 10.2. The van der Waals surface area contributed by atoms with E-state index in [1.165, 1.54) is 0 Å².